The minimum Gasteiger partial charge on any atom is -0.465 e. The van der Waals surface area contributed by atoms with Crippen molar-refractivity contribution in [2.24, 2.45) is 11.8 Å². The fourth-order valence-corrected chi connectivity index (χ4v) is 4.00. The number of hydrogen-bond donors (Lipinski definition) is 0. The van der Waals surface area contributed by atoms with Gasteiger partial charge >= 0.3 is 5.97 Å². The quantitative estimate of drug-likeness (QED) is 0.688. The topological polar surface area (TPSA) is 49.4 Å². The van der Waals surface area contributed by atoms with E-state index in [0.29, 0.717) is 12.5 Å². The third-order valence-electron chi connectivity index (χ3n) is 5.72. The average molecular weight is 361 g/mol. The molecule has 1 aromatic carbocycles. The first-order valence-electron chi connectivity index (χ1n) is 9.68. The summed E-state index contributed by atoms with van der Waals surface area (Å²) in [6, 6.07) is 8.23. The number of carbonyl (C=O) groups is 1. The van der Waals surface area contributed by atoms with Crippen molar-refractivity contribution in [3.63, 3.8) is 0 Å². The van der Waals surface area contributed by atoms with Crippen molar-refractivity contribution in [2.45, 2.75) is 78.3 Å². The number of hydrogen-bond acceptors (Lipinski definition) is 3. The Hall–Kier alpha value is -1.39. The molecule has 1 saturated heterocycles. The maximum Gasteiger partial charge on any atom is 0.313 e. The number of benzene rings is 1. The first-order chi connectivity index (χ1) is 11.9. The Balaban J connectivity index is 1.95. The number of esters is 1. The van der Waals surface area contributed by atoms with E-state index in [0.717, 1.165) is 23.5 Å². The Labute approximate surface area is 158 Å². The molecule has 0 aromatic heterocycles. The third-order valence-corrected chi connectivity index (χ3v) is 5.72. The summed E-state index contributed by atoms with van der Waals surface area (Å²) >= 11 is 0. The van der Waals surface area contributed by atoms with E-state index in [2.05, 4.69) is 26.0 Å². The molecule has 1 fully saturated rings. The predicted octanol–water partition coefficient (Wildman–Crippen LogP) is 4.76. The summed E-state index contributed by atoms with van der Waals surface area (Å²) in [6.07, 6.45) is 1.77. The Morgan fingerprint density at radius 3 is 2.19 bits per heavy atom. The number of carbonyl (C=O) groups excluding carboxylic acids is 1. The van der Waals surface area contributed by atoms with E-state index in [-0.39, 0.29) is 17.8 Å². The summed E-state index contributed by atoms with van der Waals surface area (Å²) in [7, 11) is 0. The van der Waals surface area contributed by atoms with Crippen LogP contribution in [-0.2, 0) is 21.2 Å². The van der Waals surface area contributed by atoms with Crippen LogP contribution in [0.25, 0.3) is 0 Å². The molecule has 1 radical (unpaired) electrons. The van der Waals surface area contributed by atoms with Crippen molar-refractivity contribution in [1.29, 1.82) is 0 Å². The van der Waals surface area contributed by atoms with E-state index < -0.39 is 11.1 Å². The van der Waals surface area contributed by atoms with Crippen molar-refractivity contribution in [3.05, 3.63) is 35.4 Å². The Bertz CT molecular complexity index is 619. The van der Waals surface area contributed by atoms with E-state index in [1.807, 2.05) is 46.8 Å². The average Bonchev–Trinajstić information content (AvgIpc) is 2.71. The SMILES string of the molecule is CC(C)Cc1ccc(C(C)C(=O)OCC2CC(C)(C)N([O])C2(C)C)cc1. The normalized spacial score (nSPS) is 23.2. The van der Waals surface area contributed by atoms with Crippen LogP contribution in [0.5, 0.6) is 0 Å². The molecule has 1 heterocycles. The lowest BCUT2D eigenvalue weighted by Crippen LogP contribution is -2.47. The number of nitrogens with zero attached hydrogens (tertiary/aromatic N) is 1. The highest BCUT2D eigenvalue weighted by Crippen LogP contribution is 2.43. The first-order valence-corrected chi connectivity index (χ1v) is 9.68. The molecular formula is C22H34NO3. The van der Waals surface area contributed by atoms with Crippen LogP contribution in [-0.4, -0.2) is 28.7 Å². The minimum atomic E-state index is -0.522. The molecule has 2 atom stereocenters. The molecular weight excluding hydrogens is 326 g/mol. The lowest BCUT2D eigenvalue weighted by Gasteiger charge is -2.33. The number of rotatable bonds is 6. The summed E-state index contributed by atoms with van der Waals surface area (Å²) in [4.78, 5) is 12.5. The molecule has 26 heavy (non-hydrogen) atoms. The van der Waals surface area contributed by atoms with Gasteiger partial charge in [0.05, 0.1) is 18.1 Å². The lowest BCUT2D eigenvalue weighted by atomic mass is 9.88. The van der Waals surface area contributed by atoms with Crippen LogP contribution in [0, 0.1) is 11.8 Å². The molecule has 0 amide bonds. The van der Waals surface area contributed by atoms with Crippen molar-refractivity contribution >= 4 is 5.97 Å². The lowest BCUT2D eigenvalue weighted by molar-refractivity contribution is -0.249. The molecule has 0 bridgehead atoms. The van der Waals surface area contributed by atoms with Gasteiger partial charge in [0.15, 0.2) is 0 Å². The fourth-order valence-electron chi connectivity index (χ4n) is 4.00. The van der Waals surface area contributed by atoms with Crippen LogP contribution < -0.4 is 0 Å². The van der Waals surface area contributed by atoms with Crippen LogP contribution in [0.15, 0.2) is 24.3 Å². The molecule has 1 aliphatic heterocycles. The highest BCUT2D eigenvalue weighted by molar-refractivity contribution is 5.77. The van der Waals surface area contributed by atoms with Crippen LogP contribution >= 0.6 is 0 Å². The molecule has 0 saturated carbocycles. The van der Waals surface area contributed by atoms with E-state index in [1.54, 1.807) is 0 Å². The monoisotopic (exact) mass is 360 g/mol. The number of hydroxylamine groups is 2. The van der Waals surface area contributed by atoms with Gasteiger partial charge in [0.2, 0.25) is 0 Å². The molecule has 1 aromatic rings. The molecule has 0 aliphatic carbocycles. The molecule has 145 valence electrons. The van der Waals surface area contributed by atoms with E-state index in [4.69, 9.17) is 4.74 Å². The second kappa shape index (κ2) is 7.69. The Morgan fingerprint density at radius 2 is 1.73 bits per heavy atom. The second-order valence-corrected chi connectivity index (χ2v) is 9.35. The highest BCUT2D eigenvalue weighted by atomic mass is 16.5. The van der Waals surface area contributed by atoms with Gasteiger partial charge in [0, 0.05) is 11.5 Å². The Morgan fingerprint density at radius 1 is 1.15 bits per heavy atom. The highest BCUT2D eigenvalue weighted by Gasteiger charge is 2.52. The van der Waals surface area contributed by atoms with Gasteiger partial charge in [-0.15, -0.1) is 10.3 Å². The van der Waals surface area contributed by atoms with Crippen molar-refractivity contribution in [3.8, 4) is 0 Å². The largest absolute Gasteiger partial charge is 0.465 e. The van der Waals surface area contributed by atoms with E-state index in [1.165, 1.54) is 5.56 Å². The summed E-state index contributed by atoms with van der Waals surface area (Å²) in [5.41, 5.74) is 1.32. The number of ether oxygens (including phenoxy) is 1. The maximum atomic E-state index is 12.5. The summed E-state index contributed by atoms with van der Waals surface area (Å²) in [5.74, 6) is 0.131. The van der Waals surface area contributed by atoms with Crippen LogP contribution in [0.2, 0.25) is 0 Å². The summed E-state index contributed by atoms with van der Waals surface area (Å²) < 4.78 is 5.61. The van der Waals surface area contributed by atoms with Crippen LogP contribution in [0.1, 0.15) is 71.9 Å². The molecule has 1 aliphatic rings. The van der Waals surface area contributed by atoms with Gasteiger partial charge in [0.1, 0.15) is 0 Å². The van der Waals surface area contributed by atoms with E-state index >= 15 is 0 Å². The van der Waals surface area contributed by atoms with Gasteiger partial charge in [0.25, 0.3) is 0 Å². The zero-order chi connectivity index (χ0) is 19.7. The van der Waals surface area contributed by atoms with Crippen LogP contribution in [0.4, 0.5) is 0 Å². The first kappa shape index (κ1) is 20.9. The summed E-state index contributed by atoms with van der Waals surface area (Å²) in [6.45, 7) is 14.3. The molecule has 2 rings (SSSR count). The molecule has 4 nitrogen and oxygen atoms in total. The van der Waals surface area contributed by atoms with E-state index in [9.17, 15) is 10.0 Å². The van der Waals surface area contributed by atoms with Crippen molar-refractivity contribution < 1.29 is 14.7 Å². The summed E-state index contributed by atoms with van der Waals surface area (Å²) in [5, 5.41) is 13.6. The van der Waals surface area contributed by atoms with Crippen molar-refractivity contribution in [2.75, 3.05) is 6.61 Å². The Kier molecular flexibility index (Phi) is 6.19. The van der Waals surface area contributed by atoms with Gasteiger partial charge in [-0.1, -0.05) is 38.1 Å². The van der Waals surface area contributed by atoms with Gasteiger partial charge in [-0.2, -0.15) is 0 Å². The zero-order valence-electron chi connectivity index (χ0n) is 17.3. The zero-order valence-corrected chi connectivity index (χ0v) is 17.3. The van der Waals surface area contributed by atoms with Gasteiger partial charge < -0.3 is 4.74 Å². The van der Waals surface area contributed by atoms with Crippen LogP contribution in [0.3, 0.4) is 0 Å². The van der Waals surface area contributed by atoms with Gasteiger partial charge in [-0.25, -0.2) is 0 Å². The van der Waals surface area contributed by atoms with Gasteiger partial charge in [-0.05, 0) is 64.5 Å². The minimum absolute atomic E-state index is 0.0413. The van der Waals surface area contributed by atoms with Gasteiger partial charge in [-0.3, -0.25) is 4.79 Å². The third kappa shape index (κ3) is 4.47. The maximum absolute atomic E-state index is 12.5. The molecule has 0 spiro atoms. The standard InChI is InChI=1S/C22H34NO3/c1-15(2)12-17-8-10-18(11-9-17)16(3)20(24)26-14-19-13-21(4,5)23(25)22(19,6)7/h8-11,15-16,19H,12-14H2,1-7H3. The second-order valence-electron chi connectivity index (χ2n) is 9.35. The predicted molar refractivity (Wildman–Crippen MR) is 103 cm³/mol. The molecule has 2 unspecified atom stereocenters. The molecule has 4 heteroatoms. The van der Waals surface area contributed by atoms with Crippen molar-refractivity contribution in [1.82, 2.24) is 5.06 Å². The smallest absolute Gasteiger partial charge is 0.313 e. The fraction of sp³-hybridized carbons (Fsp3) is 0.682. The molecule has 0 N–H and O–H groups in total.